The molecule has 2 nitrogen and oxygen atoms in total. The van der Waals surface area contributed by atoms with Crippen molar-refractivity contribution in [2.45, 2.75) is 25.2 Å². The lowest BCUT2D eigenvalue weighted by molar-refractivity contribution is 0.103. The van der Waals surface area contributed by atoms with E-state index in [1.807, 2.05) is 18.2 Å². The zero-order chi connectivity index (χ0) is 14.8. The van der Waals surface area contributed by atoms with Crippen LogP contribution in [0.3, 0.4) is 0 Å². The van der Waals surface area contributed by atoms with Crippen LogP contribution in [0.5, 0.6) is 5.75 Å². The summed E-state index contributed by atoms with van der Waals surface area (Å²) in [6, 6.07) is 12.0. The van der Waals surface area contributed by atoms with Gasteiger partial charge in [-0.3, -0.25) is 4.79 Å². The average Bonchev–Trinajstić information content (AvgIpc) is 2.45. The summed E-state index contributed by atoms with van der Waals surface area (Å²) in [5, 5.41) is 0. The summed E-state index contributed by atoms with van der Waals surface area (Å²) in [4.78, 5) is 12.8. The second-order valence-corrected chi connectivity index (χ2v) is 5.36. The Balaban J connectivity index is 2.07. The van der Waals surface area contributed by atoms with Crippen molar-refractivity contribution in [3.63, 3.8) is 0 Å². The molecule has 1 aliphatic rings. The predicted octanol–water partition coefficient (Wildman–Crippen LogP) is 4.33. The summed E-state index contributed by atoms with van der Waals surface area (Å²) < 4.78 is 19.2. The Morgan fingerprint density at radius 3 is 2.57 bits per heavy atom. The fourth-order valence-corrected chi connectivity index (χ4v) is 2.81. The normalized spacial score (nSPS) is 14.6. The second-order valence-electron chi connectivity index (χ2n) is 5.36. The van der Waals surface area contributed by atoms with Gasteiger partial charge in [0.05, 0.1) is 7.11 Å². The topological polar surface area (TPSA) is 26.3 Å². The monoisotopic (exact) mass is 284 g/mol. The lowest BCUT2D eigenvalue weighted by Crippen LogP contribution is -2.15. The van der Waals surface area contributed by atoms with E-state index in [1.165, 1.54) is 19.6 Å². The molecule has 3 rings (SSSR count). The molecule has 1 fully saturated rings. The van der Waals surface area contributed by atoms with Crippen LogP contribution in [0.2, 0.25) is 0 Å². The maximum Gasteiger partial charge on any atom is 0.200 e. The molecule has 0 N–H and O–H groups in total. The van der Waals surface area contributed by atoms with Gasteiger partial charge in [-0.05, 0) is 36.5 Å². The van der Waals surface area contributed by atoms with Crippen LogP contribution in [0.1, 0.15) is 46.7 Å². The van der Waals surface area contributed by atoms with Gasteiger partial charge in [0.25, 0.3) is 0 Å². The van der Waals surface area contributed by atoms with E-state index in [0.29, 0.717) is 11.5 Å². The van der Waals surface area contributed by atoms with Crippen molar-refractivity contribution in [3.05, 3.63) is 65.0 Å². The molecule has 0 spiro atoms. The molecule has 21 heavy (non-hydrogen) atoms. The van der Waals surface area contributed by atoms with Crippen LogP contribution in [0, 0.1) is 5.82 Å². The number of ether oxygens (including phenoxy) is 1. The number of halogens is 1. The lowest BCUT2D eigenvalue weighted by atomic mass is 9.77. The van der Waals surface area contributed by atoms with Crippen LogP contribution in [0.4, 0.5) is 4.39 Å². The molecule has 2 aromatic carbocycles. The fraction of sp³-hybridized carbons (Fsp3) is 0.278. The molecule has 2 aromatic rings. The molecular weight excluding hydrogens is 267 g/mol. The Morgan fingerprint density at radius 1 is 1.14 bits per heavy atom. The molecule has 0 heterocycles. The number of hydrogen-bond donors (Lipinski definition) is 0. The summed E-state index contributed by atoms with van der Waals surface area (Å²) in [6.45, 7) is 0. The largest absolute Gasteiger partial charge is 0.496 e. The third-order valence-corrected chi connectivity index (χ3v) is 4.17. The third kappa shape index (κ3) is 2.44. The van der Waals surface area contributed by atoms with Crippen molar-refractivity contribution in [1.82, 2.24) is 0 Å². The van der Waals surface area contributed by atoms with Crippen LogP contribution in [0.15, 0.2) is 42.5 Å². The molecule has 3 heteroatoms. The number of hydrogen-bond acceptors (Lipinski definition) is 2. The molecular formula is C18H17FO2. The first-order valence-electron chi connectivity index (χ1n) is 7.18. The number of rotatable bonds is 4. The Bertz CT molecular complexity index is 675. The number of ketones is 1. The first-order valence-corrected chi connectivity index (χ1v) is 7.18. The molecule has 0 saturated heterocycles. The van der Waals surface area contributed by atoms with Gasteiger partial charge in [0, 0.05) is 5.56 Å². The number of carbonyl (C=O) groups is 1. The molecule has 0 aliphatic heterocycles. The first kappa shape index (κ1) is 13.8. The van der Waals surface area contributed by atoms with Gasteiger partial charge in [-0.25, -0.2) is 4.39 Å². The summed E-state index contributed by atoms with van der Waals surface area (Å²) in [7, 11) is 1.45. The van der Waals surface area contributed by atoms with Gasteiger partial charge in [0.1, 0.15) is 17.1 Å². The van der Waals surface area contributed by atoms with Crippen LogP contribution in [-0.4, -0.2) is 12.9 Å². The SMILES string of the molecule is COc1cccc(F)c1C(=O)c1ccccc1C1CCC1. The van der Waals surface area contributed by atoms with E-state index < -0.39 is 5.82 Å². The average molecular weight is 284 g/mol. The van der Waals surface area contributed by atoms with E-state index in [4.69, 9.17) is 4.74 Å². The Morgan fingerprint density at radius 2 is 1.90 bits per heavy atom. The van der Waals surface area contributed by atoms with Gasteiger partial charge in [0.2, 0.25) is 0 Å². The minimum absolute atomic E-state index is 0.0202. The maximum atomic E-state index is 14.1. The molecule has 1 saturated carbocycles. The van der Waals surface area contributed by atoms with Gasteiger partial charge in [-0.2, -0.15) is 0 Å². The smallest absolute Gasteiger partial charge is 0.200 e. The zero-order valence-corrected chi connectivity index (χ0v) is 11.9. The molecule has 0 unspecified atom stereocenters. The minimum atomic E-state index is -0.539. The second kappa shape index (κ2) is 5.68. The molecule has 0 aromatic heterocycles. The number of carbonyl (C=O) groups excluding carboxylic acids is 1. The van der Waals surface area contributed by atoms with Crippen molar-refractivity contribution in [2.24, 2.45) is 0 Å². The Kier molecular flexibility index (Phi) is 3.74. The molecule has 108 valence electrons. The summed E-state index contributed by atoms with van der Waals surface area (Å²) in [5.41, 5.74) is 1.64. The standard InChI is InChI=1S/C18H17FO2/c1-21-16-11-5-10-15(19)17(16)18(20)14-9-3-2-8-13(14)12-6-4-7-12/h2-3,5,8-12H,4,6-7H2,1H3. The summed E-state index contributed by atoms with van der Waals surface area (Å²) in [5.74, 6) is -0.137. The first-order chi connectivity index (χ1) is 10.2. The van der Waals surface area contributed by atoms with Gasteiger partial charge in [0.15, 0.2) is 5.78 Å². The number of benzene rings is 2. The highest BCUT2D eigenvalue weighted by molar-refractivity contribution is 6.11. The van der Waals surface area contributed by atoms with E-state index in [0.717, 1.165) is 18.4 Å². The molecule has 0 radical (unpaired) electrons. The van der Waals surface area contributed by atoms with E-state index >= 15 is 0 Å². The maximum absolute atomic E-state index is 14.1. The van der Waals surface area contributed by atoms with Crippen molar-refractivity contribution >= 4 is 5.78 Å². The third-order valence-electron chi connectivity index (χ3n) is 4.17. The van der Waals surface area contributed by atoms with Gasteiger partial charge in [-0.15, -0.1) is 0 Å². The molecule has 1 aliphatic carbocycles. The van der Waals surface area contributed by atoms with Gasteiger partial charge in [-0.1, -0.05) is 36.8 Å². The van der Waals surface area contributed by atoms with Gasteiger partial charge >= 0.3 is 0 Å². The van der Waals surface area contributed by atoms with E-state index in [9.17, 15) is 9.18 Å². The Hall–Kier alpha value is -2.16. The van der Waals surface area contributed by atoms with Crippen molar-refractivity contribution in [3.8, 4) is 5.75 Å². The predicted molar refractivity (Wildman–Crippen MR) is 79.4 cm³/mol. The highest BCUT2D eigenvalue weighted by atomic mass is 19.1. The minimum Gasteiger partial charge on any atom is -0.496 e. The highest BCUT2D eigenvalue weighted by Crippen LogP contribution is 2.39. The lowest BCUT2D eigenvalue weighted by Gasteiger charge is -2.27. The van der Waals surface area contributed by atoms with E-state index in [-0.39, 0.29) is 17.1 Å². The highest BCUT2D eigenvalue weighted by Gasteiger charge is 2.27. The van der Waals surface area contributed by atoms with E-state index in [1.54, 1.807) is 18.2 Å². The molecule has 0 amide bonds. The van der Waals surface area contributed by atoms with Crippen molar-refractivity contribution < 1.29 is 13.9 Å². The van der Waals surface area contributed by atoms with Gasteiger partial charge < -0.3 is 4.74 Å². The zero-order valence-electron chi connectivity index (χ0n) is 11.9. The number of methoxy groups -OCH3 is 1. The summed E-state index contributed by atoms with van der Waals surface area (Å²) >= 11 is 0. The van der Waals surface area contributed by atoms with Crippen molar-refractivity contribution in [2.75, 3.05) is 7.11 Å². The van der Waals surface area contributed by atoms with Crippen LogP contribution < -0.4 is 4.74 Å². The van der Waals surface area contributed by atoms with Crippen LogP contribution in [0.25, 0.3) is 0 Å². The van der Waals surface area contributed by atoms with Crippen LogP contribution in [-0.2, 0) is 0 Å². The summed E-state index contributed by atoms with van der Waals surface area (Å²) in [6.07, 6.45) is 3.38. The van der Waals surface area contributed by atoms with Crippen molar-refractivity contribution in [1.29, 1.82) is 0 Å². The molecule has 0 atom stereocenters. The fourth-order valence-electron chi connectivity index (χ4n) is 2.81. The quantitative estimate of drug-likeness (QED) is 0.781. The Labute approximate surface area is 123 Å². The van der Waals surface area contributed by atoms with E-state index in [2.05, 4.69) is 0 Å². The van der Waals surface area contributed by atoms with Crippen LogP contribution >= 0.6 is 0 Å². The molecule has 0 bridgehead atoms.